The minimum atomic E-state index is 0.384. The van der Waals surface area contributed by atoms with Gasteiger partial charge in [-0.05, 0) is 36.1 Å². The van der Waals surface area contributed by atoms with Crippen LogP contribution in [0.4, 0.5) is 0 Å². The van der Waals surface area contributed by atoms with Gasteiger partial charge in [-0.2, -0.15) is 0 Å². The molecule has 4 rings (SSSR count). The van der Waals surface area contributed by atoms with Gasteiger partial charge in [0.25, 0.3) is 0 Å². The summed E-state index contributed by atoms with van der Waals surface area (Å²) in [5, 5.41) is 0. The summed E-state index contributed by atoms with van der Waals surface area (Å²) < 4.78 is 22.6. The summed E-state index contributed by atoms with van der Waals surface area (Å²) in [6.07, 6.45) is 4.61. The number of para-hydroxylation sites is 2. The van der Waals surface area contributed by atoms with Gasteiger partial charge in [-0.15, -0.1) is 0 Å². The van der Waals surface area contributed by atoms with Crippen LogP contribution >= 0.6 is 0 Å². The van der Waals surface area contributed by atoms with Gasteiger partial charge in [-0.25, -0.2) is 0 Å². The first-order valence-electron chi connectivity index (χ1n) is 9.53. The first-order chi connectivity index (χ1) is 12.9. The largest absolute Gasteiger partial charge is 0.493 e. The van der Waals surface area contributed by atoms with Gasteiger partial charge in [0.05, 0.1) is 38.6 Å². The van der Waals surface area contributed by atoms with Crippen LogP contribution in [-0.4, -0.2) is 38.6 Å². The Balaban J connectivity index is 1.17. The second kappa shape index (κ2) is 8.56. The molecule has 2 heterocycles. The summed E-state index contributed by atoms with van der Waals surface area (Å²) in [5.74, 6) is 1.97. The van der Waals surface area contributed by atoms with Crippen molar-refractivity contribution >= 4 is 0 Å². The van der Waals surface area contributed by atoms with Crippen molar-refractivity contribution in [2.24, 2.45) is 0 Å². The fourth-order valence-electron chi connectivity index (χ4n) is 3.06. The first kappa shape index (κ1) is 17.4. The molecule has 2 saturated heterocycles. The summed E-state index contributed by atoms with van der Waals surface area (Å²) >= 11 is 0. The van der Waals surface area contributed by atoms with Crippen molar-refractivity contribution in [1.82, 2.24) is 0 Å². The van der Waals surface area contributed by atoms with Gasteiger partial charge >= 0.3 is 0 Å². The monoisotopic (exact) mass is 354 g/mol. The van der Waals surface area contributed by atoms with Gasteiger partial charge < -0.3 is 18.9 Å². The summed E-state index contributed by atoms with van der Waals surface area (Å²) in [6.45, 7) is 3.17. The van der Waals surface area contributed by atoms with Crippen LogP contribution in [0.3, 0.4) is 0 Å². The van der Waals surface area contributed by atoms with Gasteiger partial charge in [0.2, 0.25) is 0 Å². The Morgan fingerprint density at radius 2 is 1.12 bits per heavy atom. The van der Waals surface area contributed by atoms with E-state index in [1.165, 1.54) is 11.1 Å². The van der Waals surface area contributed by atoms with Crippen LogP contribution in [0.2, 0.25) is 0 Å². The Kier molecular flexibility index (Phi) is 5.72. The molecule has 4 heteroatoms. The molecule has 26 heavy (non-hydrogen) atoms. The fraction of sp³-hybridized carbons (Fsp3) is 0.455. The fourth-order valence-corrected chi connectivity index (χ4v) is 3.06. The highest BCUT2D eigenvalue weighted by Gasteiger charge is 2.24. The SMILES string of the molecule is c1ccc(OCCCCOc2ccccc2CC2CO2)c(CC2CO2)c1. The van der Waals surface area contributed by atoms with Crippen molar-refractivity contribution < 1.29 is 18.9 Å². The van der Waals surface area contributed by atoms with E-state index in [0.717, 1.165) is 50.4 Å². The third-order valence-electron chi connectivity index (χ3n) is 4.70. The van der Waals surface area contributed by atoms with E-state index in [1.54, 1.807) is 0 Å². The Morgan fingerprint density at radius 3 is 1.54 bits per heavy atom. The number of unbranched alkanes of at least 4 members (excludes halogenated alkanes) is 1. The lowest BCUT2D eigenvalue weighted by Crippen LogP contribution is -2.06. The van der Waals surface area contributed by atoms with Crippen LogP contribution in [0, 0.1) is 0 Å². The molecular formula is C22H26O4. The van der Waals surface area contributed by atoms with Crippen LogP contribution in [0.1, 0.15) is 24.0 Å². The van der Waals surface area contributed by atoms with Gasteiger partial charge in [0, 0.05) is 12.8 Å². The summed E-state index contributed by atoms with van der Waals surface area (Å²) in [7, 11) is 0. The van der Waals surface area contributed by atoms with E-state index < -0.39 is 0 Å². The highest BCUT2D eigenvalue weighted by Crippen LogP contribution is 2.25. The Labute approximate surface area is 155 Å². The molecule has 4 nitrogen and oxygen atoms in total. The lowest BCUT2D eigenvalue weighted by Gasteiger charge is -2.12. The number of benzene rings is 2. The average Bonchev–Trinajstić information content (AvgIpc) is 3.57. The normalized spacial score (nSPS) is 20.6. The molecule has 0 saturated carbocycles. The van der Waals surface area contributed by atoms with Gasteiger partial charge in [0.15, 0.2) is 0 Å². The maximum absolute atomic E-state index is 5.98. The zero-order chi connectivity index (χ0) is 17.6. The zero-order valence-corrected chi connectivity index (χ0v) is 15.1. The number of hydrogen-bond acceptors (Lipinski definition) is 4. The lowest BCUT2D eigenvalue weighted by molar-refractivity contribution is 0.263. The molecule has 2 fully saturated rings. The van der Waals surface area contributed by atoms with Crippen molar-refractivity contribution in [3.05, 3.63) is 59.7 Å². The van der Waals surface area contributed by atoms with E-state index in [2.05, 4.69) is 24.3 Å². The van der Waals surface area contributed by atoms with Crippen molar-refractivity contribution in [3.63, 3.8) is 0 Å². The predicted molar refractivity (Wildman–Crippen MR) is 100.0 cm³/mol. The summed E-state index contributed by atoms with van der Waals surface area (Å²) in [4.78, 5) is 0. The molecule has 138 valence electrons. The van der Waals surface area contributed by atoms with E-state index in [4.69, 9.17) is 18.9 Å². The Bertz CT molecular complexity index is 645. The van der Waals surface area contributed by atoms with Crippen molar-refractivity contribution in [3.8, 4) is 11.5 Å². The molecule has 0 bridgehead atoms. The molecular weight excluding hydrogens is 328 g/mol. The van der Waals surface area contributed by atoms with Crippen LogP contribution in [-0.2, 0) is 22.3 Å². The number of rotatable bonds is 11. The van der Waals surface area contributed by atoms with Gasteiger partial charge in [-0.3, -0.25) is 0 Å². The molecule has 2 aliphatic rings. The van der Waals surface area contributed by atoms with E-state index in [1.807, 2.05) is 24.3 Å². The van der Waals surface area contributed by atoms with Crippen LogP contribution < -0.4 is 9.47 Å². The molecule has 2 aliphatic heterocycles. The maximum atomic E-state index is 5.98. The van der Waals surface area contributed by atoms with Crippen LogP contribution in [0.15, 0.2) is 48.5 Å². The quantitative estimate of drug-likeness (QED) is 0.455. The molecule has 0 aromatic heterocycles. The van der Waals surface area contributed by atoms with Crippen LogP contribution in [0.25, 0.3) is 0 Å². The molecule has 0 spiro atoms. The molecule has 2 atom stereocenters. The number of hydrogen-bond donors (Lipinski definition) is 0. The second-order valence-corrected chi connectivity index (χ2v) is 6.94. The Hall–Kier alpha value is -2.04. The molecule has 0 aliphatic carbocycles. The topological polar surface area (TPSA) is 43.5 Å². The van der Waals surface area contributed by atoms with Crippen molar-refractivity contribution in [1.29, 1.82) is 0 Å². The predicted octanol–water partition coefficient (Wildman–Crippen LogP) is 3.81. The van der Waals surface area contributed by atoms with E-state index >= 15 is 0 Å². The number of ether oxygens (including phenoxy) is 4. The highest BCUT2D eigenvalue weighted by atomic mass is 16.6. The standard InChI is InChI=1S/C22H26O4/c1-3-9-21(17(7-1)13-19-15-25-19)23-11-5-6-12-24-22-10-4-2-8-18(22)14-20-16-26-20/h1-4,7-10,19-20H,5-6,11-16H2. The summed E-state index contributed by atoms with van der Waals surface area (Å²) in [6, 6.07) is 16.5. The molecule has 0 radical (unpaired) electrons. The second-order valence-electron chi connectivity index (χ2n) is 6.94. The summed E-state index contributed by atoms with van der Waals surface area (Å²) in [5.41, 5.74) is 2.48. The molecule has 2 unspecified atom stereocenters. The average molecular weight is 354 g/mol. The van der Waals surface area contributed by atoms with E-state index in [0.29, 0.717) is 25.4 Å². The molecule has 0 N–H and O–H groups in total. The lowest BCUT2D eigenvalue weighted by atomic mass is 10.1. The van der Waals surface area contributed by atoms with Gasteiger partial charge in [0.1, 0.15) is 11.5 Å². The zero-order valence-electron chi connectivity index (χ0n) is 15.1. The molecule has 2 aromatic carbocycles. The molecule has 2 aromatic rings. The third-order valence-corrected chi connectivity index (χ3v) is 4.70. The van der Waals surface area contributed by atoms with Crippen LogP contribution in [0.5, 0.6) is 11.5 Å². The smallest absolute Gasteiger partial charge is 0.122 e. The molecule has 0 amide bonds. The van der Waals surface area contributed by atoms with E-state index in [-0.39, 0.29) is 0 Å². The third kappa shape index (κ3) is 5.23. The minimum Gasteiger partial charge on any atom is -0.493 e. The highest BCUT2D eigenvalue weighted by molar-refractivity contribution is 5.35. The van der Waals surface area contributed by atoms with Crippen molar-refractivity contribution in [2.75, 3.05) is 26.4 Å². The minimum absolute atomic E-state index is 0.384. The Morgan fingerprint density at radius 1 is 0.692 bits per heavy atom. The van der Waals surface area contributed by atoms with Gasteiger partial charge in [-0.1, -0.05) is 36.4 Å². The first-order valence-corrected chi connectivity index (χ1v) is 9.53. The van der Waals surface area contributed by atoms with E-state index in [9.17, 15) is 0 Å². The maximum Gasteiger partial charge on any atom is 0.122 e. The number of epoxide rings is 2. The van der Waals surface area contributed by atoms with Crippen molar-refractivity contribution in [2.45, 2.75) is 37.9 Å².